The van der Waals surface area contributed by atoms with E-state index in [4.69, 9.17) is 4.52 Å². The van der Waals surface area contributed by atoms with E-state index in [2.05, 4.69) is 20.3 Å². The van der Waals surface area contributed by atoms with E-state index in [1.165, 1.54) is 12.1 Å². The summed E-state index contributed by atoms with van der Waals surface area (Å²) in [6, 6.07) is 0. The van der Waals surface area contributed by atoms with Crippen molar-refractivity contribution in [3.63, 3.8) is 0 Å². The van der Waals surface area contributed by atoms with Crippen LogP contribution in [0.2, 0.25) is 0 Å². The first-order chi connectivity index (χ1) is 11.2. The van der Waals surface area contributed by atoms with Crippen LogP contribution in [0.4, 0.5) is 0 Å². The number of fused-ring (bicyclic) bond motifs is 4. The van der Waals surface area contributed by atoms with Crippen LogP contribution in [0.15, 0.2) is 4.52 Å². The number of aromatic nitrogens is 4. The van der Waals surface area contributed by atoms with Gasteiger partial charge in [0.1, 0.15) is 5.54 Å². The molecule has 2 aliphatic heterocycles. The maximum atomic E-state index is 13.2. The summed E-state index contributed by atoms with van der Waals surface area (Å²) >= 11 is 0. The van der Waals surface area contributed by atoms with Crippen molar-refractivity contribution >= 4 is 5.91 Å². The average molecular weight is 311 g/mol. The predicted molar refractivity (Wildman–Crippen MR) is 77.6 cm³/mol. The Morgan fingerprint density at radius 1 is 1.43 bits per heavy atom. The fraction of sp³-hybridized carbons (Fsp3) is 0.625. The molecule has 7 rings (SSSR count). The lowest BCUT2D eigenvalue weighted by molar-refractivity contribution is 0.0422. The summed E-state index contributed by atoms with van der Waals surface area (Å²) in [4.78, 5) is 19.5. The second-order valence-corrected chi connectivity index (χ2v) is 7.64. The van der Waals surface area contributed by atoms with Gasteiger partial charge in [-0.1, -0.05) is 5.16 Å². The third-order valence-electron chi connectivity index (χ3n) is 6.24. The van der Waals surface area contributed by atoms with Crippen molar-refractivity contribution in [3.8, 4) is 0 Å². The highest BCUT2D eigenvalue weighted by Crippen LogP contribution is 2.58. The standard InChI is InChI=1S/C16H17N5O2/c1-7-17-15(23-20-7)16-4-8(5-16)6-21(16)14(22)13-11-3-9-2-10(9)12(11)18-19-13/h8-10H,2-6H2,1H3,(H,18,19)/t8?,9-,10-,16?/m1/s1. The van der Waals surface area contributed by atoms with Gasteiger partial charge in [-0.25, -0.2) is 0 Å². The number of carbonyl (C=O) groups is 1. The van der Waals surface area contributed by atoms with Crippen LogP contribution >= 0.6 is 0 Å². The molecule has 0 spiro atoms. The van der Waals surface area contributed by atoms with Gasteiger partial charge in [-0.3, -0.25) is 9.89 Å². The molecule has 2 aromatic heterocycles. The van der Waals surface area contributed by atoms with Gasteiger partial charge in [0, 0.05) is 23.7 Å². The molecule has 2 saturated heterocycles. The minimum absolute atomic E-state index is 0.0275. The van der Waals surface area contributed by atoms with Gasteiger partial charge < -0.3 is 9.42 Å². The van der Waals surface area contributed by atoms with Gasteiger partial charge in [-0.2, -0.15) is 10.1 Å². The zero-order valence-electron chi connectivity index (χ0n) is 12.9. The fourth-order valence-electron chi connectivity index (χ4n) is 5.02. The van der Waals surface area contributed by atoms with E-state index < -0.39 is 5.54 Å². The molecule has 0 aromatic carbocycles. The Labute approximate surface area is 132 Å². The molecule has 4 heterocycles. The molecule has 1 N–H and O–H groups in total. The summed E-state index contributed by atoms with van der Waals surface area (Å²) in [6.07, 6.45) is 4.11. The van der Waals surface area contributed by atoms with E-state index in [0.29, 0.717) is 29.2 Å². The van der Waals surface area contributed by atoms with Gasteiger partial charge in [-0.15, -0.1) is 0 Å². The lowest BCUT2D eigenvalue weighted by atomic mass is 9.73. The largest absolute Gasteiger partial charge is 0.337 e. The predicted octanol–water partition coefficient (Wildman–Crippen LogP) is 1.52. The quantitative estimate of drug-likeness (QED) is 0.908. The third kappa shape index (κ3) is 1.37. The molecule has 0 radical (unpaired) electrons. The zero-order valence-corrected chi connectivity index (χ0v) is 12.9. The molecule has 0 unspecified atom stereocenters. The minimum Gasteiger partial charge on any atom is -0.337 e. The van der Waals surface area contributed by atoms with E-state index in [1.807, 2.05) is 11.8 Å². The molecule has 118 valence electrons. The van der Waals surface area contributed by atoms with E-state index in [-0.39, 0.29) is 5.91 Å². The van der Waals surface area contributed by atoms with Gasteiger partial charge in [0.15, 0.2) is 11.5 Å². The summed E-state index contributed by atoms with van der Waals surface area (Å²) in [5.41, 5.74) is 2.58. The number of amides is 1. The zero-order chi connectivity index (χ0) is 15.3. The van der Waals surface area contributed by atoms with Crippen molar-refractivity contribution in [3.05, 3.63) is 28.7 Å². The lowest BCUT2D eigenvalue weighted by Gasteiger charge is -2.38. The number of carbonyl (C=O) groups excluding carboxylic acids is 1. The SMILES string of the molecule is Cc1noc(C23CC(CN2C(=O)c2n[nH]c4c2C[C@H]2C[C@@H]42)C3)n1. The summed E-state index contributed by atoms with van der Waals surface area (Å²) in [5, 5.41) is 11.4. The number of nitrogens with one attached hydrogen (secondary N) is 1. The van der Waals surface area contributed by atoms with Crippen LogP contribution in [-0.4, -0.2) is 37.7 Å². The number of aromatic amines is 1. The first-order valence-electron chi connectivity index (χ1n) is 8.35. The molecule has 4 fully saturated rings. The highest BCUT2D eigenvalue weighted by Gasteiger charge is 2.62. The third-order valence-corrected chi connectivity index (χ3v) is 6.24. The fourth-order valence-corrected chi connectivity index (χ4v) is 5.02. The molecular formula is C16H17N5O2. The monoisotopic (exact) mass is 311 g/mol. The first-order valence-corrected chi connectivity index (χ1v) is 8.35. The van der Waals surface area contributed by atoms with E-state index in [9.17, 15) is 4.79 Å². The summed E-state index contributed by atoms with van der Waals surface area (Å²) in [6.45, 7) is 2.59. The van der Waals surface area contributed by atoms with Gasteiger partial charge in [0.05, 0.1) is 0 Å². The van der Waals surface area contributed by atoms with Gasteiger partial charge in [0.2, 0.25) is 0 Å². The molecule has 7 heteroatoms. The molecule has 2 saturated carbocycles. The number of H-pyrrole nitrogens is 1. The number of rotatable bonds is 2. The van der Waals surface area contributed by atoms with Gasteiger partial charge in [-0.05, 0) is 44.4 Å². The van der Waals surface area contributed by atoms with Crippen LogP contribution in [0, 0.1) is 18.8 Å². The summed E-state index contributed by atoms with van der Waals surface area (Å²) in [7, 11) is 0. The lowest BCUT2D eigenvalue weighted by Crippen LogP contribution is -2.46. The van der Waals surface area contributed by atoms with Crippen molar-refractivity contribution in [2.75, 3.05) is 6.54 Å². The molecule has 2 aromatic rings. The van der Waals surface area contributed by atoms with Crippen molar-refractivity contribution in [1.82, 2.24) is 25.2 Å². The number of hydrogen-bond acceptors (Lipinski definition) is 5. The molecule has 3 aliphatic carbocycles. The Morgan fingerprint density at radius 2 is 2.30 bits per heavy atom. The van der Waals surface area contributed by atoms with Crippen molar-refractivity contribution in [1.29, 1.82) is 0 Å². The first kappa shape index (κ1) is 12.3. The van der Waals surface area contributed by atoms with E-state index in [1.54, 1.807) is 0 Å². The minimum atomic E-state index is -0.392. The maximum absolute atomic E-state index is 13.2. The van der Waals surface area contributed by atoms with Crippen LogP contribution in [0.25, 0.3) is 0 Å². The molecule has 1 amide bonds. The number of hydrogen-bond donors (Lipinski definition) is 1. The normalized spacial score (nSPS) is 35.9. The second kappa shape index (κ2) is 3.66. The Morgan fingerprint density at radius 3 is 3.09 bits per heavy atom. The van der Waals surface area contributed by atoms with E-state index in [0.717, 1.165) is 37.3 Å². The highest BCUT2D eigenvalue weighted by atomic mass is 16.5. The smallest absolute Gasteiger partial charge is 0.275 e. The molecule has 23 heavy (non-hydrogen) atoms. The molecular weight excluding hydrogens is 294 g/mol. The Balaban J connectivity index is 1.39. The molecule has 2 atom stereocenters. The second-order valence-electron chi connectivity index (χ2n) is 7.64. The Bertz CT molecular complexity index is 847. The van der Waals surface area contributed by atoms with Crippen LogP contribution in [0.5, 0.6) is 0 Å². The van der Waals surface area contributed by atoms with Gasteiger partial charge >= 0.3 is 0 Å². The van der Waals surface area contributed by atoms with Crippen LogP contribution in [0.1, 0.15) is 58.6 Å². The van der Waals surface area contributed by atoms with Crippen LogP contribution < -0.4 is 0 Å². The molecule has 5 aliphatic rings. The molecule has 7 nitrogen and oxygen atoms in total. The average Bonchev–Trinajstić information content (AvgIpc) is 2.99. The maximum Gasteiger partial charge on any atom is 0.275 e. The Kier molecular flexibility index (Phi) is 1.95. The number of nitrogens with zero attached hydrogens (tertiary/aromatic N) is 4. The summed E-state index contributed by atoms with van der Waals surface area (Å²) in [5.74, 6) is 3.15. The van der Waals surface area contributed by atoms with E-state index >= 15 is 0 Å². The van der Waals surface area contributed by atoms with Crippen molar-refractivity contribution in [2.45, 2.75) is 44.1 Å². The van der Waals surface area contributed by atoms with Crippen molar-refractivity contribution in [2.24, 2.45) is 11.8 Å². The number of aryl methyl sites for hydroxylation is 1. The Hall–Kier alpha value is -2.18. The summed E-state index contributed by atoms with van der Waals surface area (Å²) < 4.78 is 5.42. The van der Waals surface area contributed by atoms with Gasteiger partial charge in [0.25, 0.3) is 11.8 Å². The van der Waals surface area contributed by atoms with Crippen LogP contribution in [0.3, 0.4) is 0 Å². The highest BCUT2D eigenvalue weighted by molar-refractivity contribution is 5.95. The topological polar surface area (TPSA) is 87.9 Å². The van der Waals surface area contributed by atoms with Crippen molar-refractivity contribution < 1.29 is 9.32 Å². The van der Waals surface area contributed by atoms with Crippen LogP contribution in [-0.2, 0) is 12.0 Å². The molecule has 2 bridgehead atoms.